The second kappa shape index (κ2) is 9.86. The standard InChI is InChI=1S/C42H27NO/c1-2-9-28(10-3-1)32-23-26-39-37(27-32)35-11-4-6-14-38(35)43(39)33-24-21-30(22-25-33)29-17-19-31(20-18-29)34-13-8-16-41-42(34)36-12-5-7-15-40(36)44-41/h1-27H. The number of para-hydroxylation sites is 2. The third kappa shape index (κ3) is 3.89. The number of fused-ring (bicyclic) bond motifs is 6. The smallest absolute Gasteiger partial charge is 0.136 e. The van der Waals surface area contributed by atoms with Gasteiger partial charge in [-0.3, -0.25) is 0 Å². The van der Waals surface area contributed by atoms with Gasteiger partial charge in [0.15, 0.2) is 0 Å². The minimum absolute atomic E-state index is 0.921. The van der Waals surface area contributed by atoms with Crippen LogP contribution in [0.15, 0.2) is 168 Å². The van der Waals surface area contributed by atoms with Crippen LogP contribution in [0.25, 0.3) is 82.8 Å². The Bertz CT molecular complexity index is 2460. The second-order valence-electron chi connectivity index (χ2n) is 11.4. The molecule has 0 amide bonds. The molecule has 2 aromatic heterocycles. The molecule has 0 radical (unpaired) electrons. The normalized spacial score (nSPS) is 11.6. The molecule has 9 rings (SSSR count). The molecule has 0 unspecified atom stereocenters. The lowest BCUT2D eigenvalue weighted by Gasteiger charge is -2.10. The van der Waals surface area contributed by atoms with Crippen molar-refractivity contribution in [2.45, 2.75) is 0 Å². The lowest BCUT2D eigenvalue weighted by atomic mass is 9.97. The topological polar surface area (TPSA) is 18.1 Å². The van der Waals surface area contributed by atoms with Crippen molar-refractivity contribution < 1.29 is 4.42 Å². The molecular formula is C42H27NO. The Labute approximate surface area is 255 Å². The molecule has 0 aliphatic heterocycles. The van der Waals surface area contributed by atoms with Crippen molar-refractivity contribution in [1.29, 1.82) is 0 Å². The summed E-state index contributed by atoms with van der Waals surface area (Å²) in [6.45, 7) is 0. The molecular weight excluding hydrogens is 534 g/mol. The first-order chi connectivity index (χ1) is 21.8. The van der Waals surface area contributed by atoms with Gasteiger partial charge >= 0.3 is 0 Å². The summed E-state index contributed by atoms with van der Waals surface area (Å²) in [6.07, 6.45) is 0. The van der Waals surface area contributed by atoms with Crippen LogP contribution in [0.2, 0.25) is 0 Å². The zero-order valence-electron chi connectivity index (χ0n) is 23.9. The number of rotatable bonds is 4. The molecule has 0 atom stereocenters. The minimum atomic E-state index is 0.921. The zero-order valence-corrected chi connectivity index (χ0v) is 23.9. The molecule has 2 heteroatoms. The van der Waals surface area contributed by atoms with Gasteiger partial charge in [-0.2, -0.15) is 0 Å². The highest BCUT2D eigenvalue weighted by molar-refractivity contribution is 6.12. The highest BCUT2D eigenvalue weighted by atomic mass is 16.3. The van der Waals surface area contributed by atoms with Crippen LogP contribution in [0.3, 0.4) is 0 Å². The van der Waals surface area contributed by atoms with Crippen LogP contribution in [0.4, 0.5) is 0 Å². The average Bonchev–Trinajstić information content (AvgIpc) is 3.64. The van der Waals surface area contributed by atoms with Crippen molar-refractivity contribution in [2.75, 3.05) is 0 Å². The van der Waals surface area contributed by atoms with Crippen LogP contribution >= 0.6 is 0 Å². The summed E-state index contributed by atoms with van der Waals surface area (Å²) in [5.74, 6) is 0. The fourth-order valence-electron chi connectivity index (χ4n) is 6.72. The third-order valence-corrected chi connectivity index (χ3v) is 8.84. The van der Waals surface area contributed by atoms with Gasteiger partial charge in [0.05, 0.1) is 11.0 Å². The Morgan fingerprint density at radius 3 is 1.77 bits per heavy atom. The minimum Gasteiger partial charge on any atom is -0.456 e. The lowest BCUT2D eigenvalue weighted by Crippen LogP contribution is -1.93. The summed E-state index contributed by atoms with van der Waals surface area (Å²) < 4.78 is 8.50. The molecule has 7 aromatic carbocycles. The Balaban J connectivity index is 1.09. The van der Waals surface area contributed by atoms with Gasteiger partial charge in [-0.25, -0.2) is 0 Å². The monoisotopic (exact) mass is 561 g/mol. The fourth-order valence-corrected chi connectivity index (χ4v) is 6.72. The Morgan fingerprint density at radius 2 is 0.955 bits per heavy atom. The summed E-state index contributed by atoms with van der Waals surface area (Å²) in [5, 5.41) is 4.85. The van der Waals surface area contributed by atoms with Crippen molar-refractivity contribution >= 4 is 43.7 Å². The van der Waals surface area contributed by atoms with Crippen LogP contribution in [0.5, 0.6) is 0 Å². The Kier molecular flexibility index (Phi) is 5.54. The first-order valence-corrected chi connectivity index (χ1v) is 15.0. The number of furan rings is 1. The van der Waals surface area contributed by atoms with E-state index in [4.69, 9.17) is 4.42 Å². The molecule has 206 valence electrons. The van der Waals surface area contributed by atoms with Gasteiger partial charge in [-0.1, -0.05) is 121 Å². The molecule has 0 aliphatic carbocycles. The van der Waals surface area contributed by atoms with E-state index in [1.54, 1.807) is 0 Å². The van der Waals surface area contributed by atoms with Crippen molar-refractivity contribution in [1.82, 2.24) is 4.57 Å². The van der Waals surface area contributed by atoms with Gasteiger partial charge in [-0.15, -0.1) is 0 Å². The quantitative estimate of drug-likeness (QED) is 0.209. The average molecular weight is 562 g/mol. The Hall–Kier alpha value is -5.86. The maximum absolute atomic E-state index is 6.13. The lowest BCUT2D eigenvalue weighted by molar-refractivity contribution is 0.669. The van der Waals surface area contributed by atoms with E-state index >= 15 is 0 Å². The van der Waals surface area contributed by atoms with Gasteiger partial charge < -0.3 is 8.98 Å². The number of hydrogen-bond donors (Lipinski definition) is 0. The third-order valence-electron chi connectivity index (χ3n) is 8.84. The van der Waals surface area contributed by atoms with Crippen molar-refractivity contribution in [3.8, 4) is 39.1 Å². The van der Waals surface area contributed by atoms with Gasteiger partial charge in [0.2, 0.25) is 0 Å². The molecule has 0 saturated heterocycles. The van der Waals surface area contributed by atoms with E-state index in [0.717, 1.165) is 22.2 Å². The van der Waals surface area contributed by atoms with E-state index in [-0.39, 0.29) is 0 Å². The molecule has 2 nitrogen and oxygen atoms in total. The molecule has 2 heterocycles. The van der Waals surface area contributed by atoms with E-state index in [9.17, 15) is 0 Å². The maximum atomic E-state index is 6.13. The molecule has 9 aromatic rings. The predicted octanol–water partition coefficient (Wildman–Crippen LogP) is 11.7. The molecule has 0 N–H and O–H groups in total. The summed E-state index contributed by atoms with van der Waals surface area (Å²) in [6, 6.07) is 58.5. The van der Waals surface area contributed by atoms with Gasteiger partial charge in [0.25, 0.3) is 0 Å². The van der Waals surface area contributed by atoms with E-state index in [2.05, 4.69) is 150 Å². The molecule has 0 aliphatic rings. The summed E-state index contributed by atoms with van der Waals surface area (Å²) in [5.41, 5.74) is 12.7. The molecule has 44 heavy (non-hydrogen) atoms. The highest BCUT2D eigenvalue weighted by Crippen LogP contribution is 2.38. The number of hydrogen-bond acceptors (Lipinski definition) is 1. The van der Waals surface area contributed by atoms with Gasteiger partial charge in [0.1, 0.15) is 11.2 Å². The molecule has 0 spiro atoms. The van der Waals surface area contributed by atoms with Gasteiger partial charge in [-0.05, 0) is 75.8 Å². The first kappa shape index (κ1) is 24.7. The number of benzene rings is 7. The van der Waals surface area contributed by atoms with Crippen molar-refractivity contribution in [2.24, 2.45) is 0 Å². The fraction of sp³-hybridized carbons (Fsp3) is 0. The van der Waals surface area contributed by atoms with Crippen LogP contribution in [0.1, 0.15) is 0 Å². The van der Waals surface area contributed by atoms with Crippen LogP contribution in [0, 0.1) is 0 Å². The zero-order chi connectivity index (χ0) is 29.0. The van der Waals surface area contributed by atoms with E-state index in [0.29, 0.717) is 0 Å². The molecule has 0 bridgehead atoms. The highest BCUT2D eigenvalue weighted by Gasteiger charge is 2.14. The van der Waals surface area contributed by atoms with Crippen LogP contribution < -0.4 is 0 Å². The predicted molar refractivity (Wildman–Crippen MR) is 184 cm³/mol. The van der Waals surface area contributed by atoms with Crippen LogP contribution in [-0.2, 0) is 0 Å². The summed E-state index contributed by atoms with van der Waals surface area (Å²) in [7, 11) is 0. The molecule has 0 fully saturated rings. The summed E-state index contributed by atoms with van der Waals surface area (Å²) in [4.78, 5) is 0. The second-order valence-corrected chi connectivity index (χ2v) is 11.4. The largest absolute Gasteiger partial charge is 0.456 e. The molecule has 0 saturated carbocycles. The van der Waals surface area contributed by atoms with E-state index in [1.807, 2.05) is 18.2 Å². The van der Waals surface area contributed by atoms with Crippen molar-refractivity contribution in [3.63, 3.8) is 0 Å². The van der Waals surface area contributed by atoms with Crippen LogP contribution in [-0.4, -0.2) is 4.57 Å². The SMILES string of the molecule is c1ccc(-c2ccc3c(c2)c2ccccc2n3-c2ccc(-c3ccc(-c4cccc5oc6ccccc6c45)cc3)cc2)cc1. The van der Waals surface area contributed by atoms with E-state index < -0.39 is 0 Å². The van der Waals surface area contributed by atoms with Crippen molar-refractivity contribution in [3.05, 3.63) is 164 Å². The Morgan fingerprint density at radius 1 is 0.364 bits per heavy atom. The maximum Gasteiger partial charge on any atom is 0.136 e. The van der Waals surface area contributed by atoms with Gasteiger partial charge in [0, 0.05) is 27.2 Å². The number of aromatic nitrogens is 1. The number of nitrogens with zero attached hydrogens (tertiary/aromatic N) is 1. The summed E-state index contributed by atoms with van der Waals surface area (Å²) >= 11 is 0. The van der Waals surface area contributed by atoms with E-state index in [1.165, 1.54) is 60.6 Å². The first-order valence-electron chi connectivity index (χ1n) is 15.0.